The third kappa shape index (κ3) is 5.61. The molecule has 0 bridgehead atoms. The van der Waals surface area contributed by atoms with Gasteiger partial charge in [-0.05, 0) is 93.1 Å². The Labute approximate surface area is 377 Å². The zero-order chi connectivity index (χ0) is 43.4. The molecule has 0 amide bonds. The molecule has 13 rings (SSSR count). The molecule has 5 nitrogen and oxygen atoms in total. The van der Waals surface area contributed by atoms with Gasteiger partial charge in [-0.3, -0.25) is 0 Å². The van der Waals surface area contributed by atoms with Crippen LogP contribution >= 0.6 is 0 Å². The number of allylic oxidation sites excluding steroid dienone is 3. The quantitative estimate of drug-likeness (QED) is 0.103. The molecule has 0 radical (unpaired) electrons. The largest absolute Gasteiger partial charge is 0.456 e. The summed E-state index contributed by atoms with van der Waals surface area (Å²) in [7, 11) is 0. The van der Waals surface area contributed by atoms with Gasteiger partial charge in [0.15, 0.2) is 0 Å². The van der Waals surface area contributed by atoms with Crippen molar-refractivity contribution in [2.45, 2.75) is 31.2 Å². The van der Waals surface area contributed by atoms with Crippen LogP contribution in [0.2, 0.25) is 0 Å². The van der Waals surface area contributed by atoms with E-state index in [0.717, 1.165) is 66.8 Å². The van der Waals surface area contributed by atoms with Crippen LogP contribution in [0.4, 0.5) is 5.69 Å². The van der Waals surface area contributed by atoms with Gasteiger partial charge >= 0.3 is 0 Å². The normalized spacial score (nSPS) is 17.6. The summed E-state index contributed by atoms with van der Waals surface area (Å²) in [4.78, 5) is 2.55. The summed E-state index contributed by atoms with van der Waals surface area (Å²) in [5.74, 6) is 6.38. The van der Waals surface area contributed by atoms with E-state index in [1.54, 1.807) is 0 Å². The van der Waals surface area contributed by atoms with Gasteiger partial charge in [0.1, 0.15) is 11.2 Å². The van der Waals surface area contributed by atoms with Crippen molar-refractivity contribution in [3.8, 4) is 16.8 Å². The predicted octanol–water partition coefficient (Wildman–Crippen LogP) is 14.3. The molecule has 0 fully saturated rings. The molecule has 0 saturated heterocycles. The Morgan fingerprint density at radius 2 is 1.28 bits per heavy atom. The number of anilines is 1. The van der Waals surface area contributed by atoms with E-state index < -0.39 is 0 Å². The second kappa shape index (κ2) is 14.2. The third-order valence-corrected chi connectivity index (χ3v) is 14.3. The fourth-order valence-corrected chi connectivity index (χ4v) is 11.2. The first-order valence-electron chi connectivity index (χ1n) is 22.5. The molecule has 2 unspecified atom stereocenters. The van der Waals surface area contributed by atoms with Crippen molar-refractivity contribution in [3.63, 3.8) is 0 Å². The maximum Gasteiger partial charge on any atom is 0.137 e. The van der Waals surface area contributed by atoms with Crippen molar-refractivity contribution in [1.82, 2.24) is 4.57 Å². The van der Waals surface area contributed by atoms with Gasteiger partial charge in [0.05, 0.1) is 28.5 Å². The molecule has 5 heteroatoms. The number of rotatable bonds is 6. The Morgan fingerprint density at radius 3 is 2.08 bits per heavy atom. The SMILES string of the molecule is CC1(C)C2=CC3C(C=C2c2ccccc21)c1ccc(-c2ccc4oc5cc6c(cc5c4c2)c2ccccc2n6-c2ccccc2)cc1N3/C(=C\C(=N/N)c1ccccc1)c1ccccc1. The van der Waals surface area contributed by atoms with E-state index in [2.05, 4.69) is 217 Å². The van der Waals surface area contributed by atoms with Gasteiger partial charge in [-0.1, -0.05) is 166 Å². The summed E-state index contributed by atoms with van der Waals surface area (Å²) < 4.78 is 9.02. The van der Waals surface area contributed by atoms with E-state index in [9.17, 15) is 0 Å². The first kappa shape index (κ1) is 37.4. The summed E-state index contributed by atoms with van der Waals surface area (Å²) in [6.07, 6.45) is 7.27. The first-order chi connectivity index (χ1) is 31.9. The summed E-state index contributed by atoms with van der Waals surface area (Å²) in [5, 5.41) is 9.03. The van der Waals surface area contributed by atoms with Crippen molar-refractivity contribution in [1.29, 1.82) is 0 Å². The molecule has 2 aliphatic carbocycles. The van der Waals surface area contributed by atoms with Crippen molar-refractivity contribution >= 4 is 66.4 Å². The van der Waals surface area contributed by atoms with Crippen LogP contribution in [0.15, 0.2) is 221 Å². The summed E-state index contributed by atoms with van der Waals surface area (Å²) >= 11 is 0. The topological polar surface area (TPSA) is 59.7 Å². The molecule has 1 aliphatic heterocycles. The number of aromatic nitrogens is 1. The first-order valence-corrected chi connectivity index (χ1v) is 22.5. The molecule has 10 aromatic rings. The highest BCUT2D eigenvalue weighted by Gasteiger charge is 2.47. The number of benzene rings is 8. The molecule has 65 heavy (non-hydrogen) atoms. The lowest BCUT2D eigenvalue weighted by atomic mass is 9.77. The Kier molecular flexibility index (Phi) is 8.16. The number of fused-ring (bicyclic) bond motifs is 12. The van der Waals surface area contributed by atoms with E-state index in [-0.39, 0.29) is 17.4 Å². The summed E-state index contributed by atoms with van der Waals surface area (Å²) in [6, 6.07) is 67.4. The predicted molar refractivity (Wildman–Crippen MR) is 270 cm³/mol. The number of furan rings is 1. The Hall–Kier alpha value is -8.15. The Balaban J connectivity index is 1.00. The average Bonchev–Trinajstić information content (AvgIpc) is 4.05. The summed E-state index contributed by atoms with van der Waals surface area (Å²) in [5.41, 5.74) is 19.0. The molecule has 0 spiro atoms. The second-order valence-corrected chi connectivity index (χ2v) is 18.1. The second-order valence-electron chi connectivity index (χ2n) is 18.1. The zero-order valence-electron chi connectivity index (χ0n) is 36.1. The average molecular weight is 837 g/mol. The number of hydrogen-bond acceptors (Lipinski definition) is 4. The fraction of sp³-hybridized carbons (Fsp3) is 0.0833. The van der Waals surface area contributed by atoms with Crippen molar-refractivity contribution in [3.05, 3.63) is 240 Å². The number of hydrazone groups is 1. The van der Waals surface area contributed by atoms with E-state index in [1.165, 1.54) is 49.8 Å². The third-order valence-electron chi connectivity index (χ3n) is 14.3. The molecular weight excluding hydrogens is 793 g/mol. The summed E-state index contributed by atoms with van der Waals surface area (Å²) in [6.45, 7) is 4.74. The number of hydrogen-bond donors (Lipinski definition) is 1. The van der Waals surface area contributed by atoms with Crippen molar-refractivity contribution in [2.24, 2.45) is 10.9 Å². The molecular formula is C60H44N4O. The van der Waals surface area contributed by atoms with Gasteiger partial charge in [-0.2, -0.15) is 5.10 Å². The van der Waals surface area contributed by atoms with Gasteiger partial charge in [0.25, 0.3) is 0 Å². The van der Waals surface area contributed by atoms with Crippen molar-refractivity contribution < 1.29 is 4.42 Å². The van der Waals surface area contributed by atoms with Crippen LogP contribution in [0.5, 0.6) is 0 Å². The van der Waals surface area contributed by atoms with E-state index in [1.807, 2.05) is 18.2 Å². The highest BCUT2D eigenvalue weighted by atomic mass is 16.3. The molecule has 3 aliphatic rings. The number of nitrogens with two attached hydrogens (primary N) is 1. The van der Waals surface area contributed by atoms with Gasteiger partial charge in [0.2, 0.25) is 0 Å². The van der Waals surface area contributed by atoms with E-state index in [4.69, 9.17) is 10.3 Å². The van der Waals surface area contributed by atoms with Crippen LogP contribution in [0, 0.1) is 0 Å². The van der Waals surface area contributed by atoms with Crippen LogP contribution in [0.25, 0.3) is 71.8 Å². The maximum absolute atomic E-state index is 6.67. The van der Waals surface area contributed by atoms with Gasteiger partial charge < -0.3 is 19.7 Å². The molecule has 3 heterocycles. The molecule has 0 saturated carbocycles. The van der Waals surface area contributed by atoms with Gasteiger partial charge in [-0.25, -0.2) is 0 Å². The van der Waals surface area contributed by atoms with Crippen LogP contribution in [-0.4, -0.2) is 16.3 Å². The minimum atomic E-state index is -0.144. The lowest BCUT2D eigenvalue weighted by molar-refractivity contribution is 0.639. The number of nitrogens with zero attached hydrogens (tertiary/aromatic N) is 3. The molecule has 2 aromatic heterocycles. The van der Waals surface area contributed by atoms with Crippen molar-refractivity contribution in [2.75, 3.05) is 4.90 Å². The smallest absolute Gasteiger partial charge is 0.137 e. The van der Waals surface area contributed by atoms with Crippen LogP contribution in [-0.2, 0) is 5.41 Å². The highest BCUT2D eigenvalue weighted by Crippen LogP contribution is 2.58. The fourth-order valence-electron chi connectivity index (χ4n) is 11.2. The number of para-hydroxylation sites is 2. The Bertz CT molecular complexity index is 3700. The zero-order valence-corrected chi connectivity index (χ0v) is 36.1. The molecule has 2 N–H and O–H groups in total. The monoisotopic (exact) mass is 836 g/mol. The van der Waals surface area contributed by atoms with Crippen LogP contribution in [0.3, 0.4) is 0 Å². The van der Waals surface area contributed by atoms with Crippen LogP contribution in [0.1, 0.15) is 47.6 Å². The maximum atomic E-state index is 6.67. The minimum absolute atomic E-state index is 0.00885. The van der Waals surface area contributed by atoms with E-state index in [0.29, 0.717) is 0 Å². The minimum Gasteiger partial charge on any atom is -0.456 e. The molecule has 2 atom stereocenters. The standard InChI is InChI=1S/C60H44N4O/c1-60(2)50-24-14-12-22-42(50)45-32-46-44-28-26-40(31-55(44)64(56(46)34-51(45)60)54(38-18-8-4-9-19-38)35-52(62-61)37-16-6-3-7-17-37)39-27-29-58-48(30-39)49-33-47-43-23-13-15-25-53(43)63(41-20-10-5-11-21-41)57(47)36-59(49)65-58/h3-36,46,56H,61H2,1-2H3/b54-35-,62-52+. The lowest BCUT2D eigenvalue weighted by Gasteiger charge is -2.35. The van der Waals surface area contributed by atoms with Crippen LogP contribution < -0.4 is 10.7 Å². The van der Waals surface area contributed by atoms with Gasteiger partial charge in [-0.15, -0.1) is 0 Å². The molecule has 8 aromatic carbocycles. The lowest BCUT2D eigenvalue weighted by Crippen LogP contribution is -2.34. The van der Waals surface area contributed by atoms with E-state index >= 15 is 0 Å². The molecule has 310 valence electrons. The Morgan fingerprint density at radius 1 is 0.600 bits per heavy atom. The highest BCUT2D eigenvalue weighted by molar-refractivity contribution is 6.18. The van der Waals surface area contributed by atoms with Gasteiger partial charge in [0, 0.05) is 55.9 Å².